The van der Waals surface area contributed by atoms with Crippen LogP contribution in [0.4, 0.5) is 0 Å². The number of benzene rings is 2. The molecule has 0 amide bonds. The molecule has 6 heteroatoms. The van der Waals surface area contributed by atoms with E-state index in [1.807, 2.05) is 6.07 Å². The molecule has 0 aliphatic rings. The summed E-state index contributed by atoms with van der Waals surface area (Å²) in [7, 11) is 1.54. The van der Waals surface area contributed by atoms with Crippen LogP contribution >= 0.6 is 0 Å². The third-order valence-electron chi connectivity index (χ3n) is 3.25. The Morgan fingerprint density at radius 2 is 1.77 bits per heavy atom. The summed E-state index contributed by atoms with van der Waals surface area (Å²) in [5, 5.41) is 10.3. The predicted octanol–water partition coefficient (Wildman–Crippen LogP) is 2.22. The normalized spacial score (nSPS) is 10.6. The second-order valence-corrected chi connectivity index (χ2v) is 4.60. The molecular formula is C16H14N2O4. The lowest BCUT2D eigenvalue weighted by Gasteiger charge is -2.11. The Morgan fingerprint density at radius 1 is 1.09 bits per heavy atom. The van der Waals surface area contributed by atoms with Crippen molar-refractivity contribution in [2.24, 2.45) is 0 Å². The molecule has 0 spiro atoms. The molecule has 0 fully saturated rings. The molecule has 112 valence electrons. The quantitative estimate of drug-likeness (QED) is 0.748. The van der Waals surface area contributed by atoms with Crippen molar-refractivity contribution in [1.82, 2.24) is 9.71 Å². The Morgan fingerprint density at radius 3 is 2.55 bits per heavy atom. The third-order valence-corrected chi connectivity index (χ3v) is 3.25. The minimum absolute atomic E-state index is 0.0586. The van der Waals surface area contributed by atoms with E-state index in [1.54, 1.807) is 49.6 Å². The van der Waals surface area contributed by atoms with Crippen molar-refractivity contribution in [3.05, 3.63) is 64.7 Å². The van der Waals surface area contributed by atoms with Crippen LogP contribution in [0.3, 0.4) is 0 Å². The average molecular weight is 298 g/mol. The van der Waals surface area contributed by atoms with E-state index < -0.39 is 5.56 Å². The van der Waals surface area contributed by atoms with Crippen molar-refractivity contribution in [3.8, 4) is 11.5 Å². The van der Waals surface area contributed by atoms with E-state index in [0.717, 1.165) is 0 Å². The maximum atomic E-state index is 12.1. The number of methoxy groups -OCH3 is 1. The number of aromatic nitrogens is 2. The van der Waals surface area contributed by atoms with Crippen LogP contribution in [0, 0.1) is 0 Å². The molecule has 0 aliphatic carbocycles. The topological polar surface area (TPSA) is 73.6 Å². The monoisotopic (exact) mass is 298 g/mol. The summed E-state index contributed by atoms with van der Waals surface area (Å²) >= 11 is 0. The molecule has 3 aromatic rings. The fourth-order valence-corrected chi connectivity index (χ4v) is 2.14. The molecule has 0 bridgehead atoms. The van der Waals surface area contributed by atoms with Crippen LogP contribution in [-0.2, 0) is 6.61 Å². The van der Waals surface area contributed by atoms with Gasteiger partial charge in [-0.05, 0) is 24.3 Å². The standard InChI is InChI=1S/C16H14N2O4/c1-21-13-8-4-5-9-14(13)22-10-15-17-12-7-3-2-6-11(12)16(19)18(15)20/h2-9,20H,10H2,1H3. The number of hydrogen-bond acceptors (Lipinski definition) is 5. The first-order valence-corrected chi connectivity index (χ1v) is 6.66. The summed E-state index contributed by atoms with van der Waals surface area (Å²) in [6.45, 7) is -0.0586. The number of fused-ring (bicyclic) bond motifs is 1. The van der Waals surface area contributed by atoms with Gasteiger partial charge in [0.15, 0.2) is 17.3 Å². The van der Waals surface area contributed by atoms with E-state index in [2.05, 4.69) is 4.98 Å². The predicted molar refractivity (Wildman–Crippen MR) is 80.5 cm³/mol. The van der Waals surface area contributed by atoms with Gasteiger partial charge in [0.1, 0.15) is 6.61 Å². The summed E-state index contributed by atoms with van der Waals surface area (Å²) in [4.78, 5) is 16.3. The summed E-state index contributed by atoms with van der Waals surface area (Å²) in [6, 6.07) is 13.9. The molecule has 6 nitrogen and oxygen atoms in total. The van der Waals surface area contributed by atoms with Gasteiger partial charge in [-0.25, -0.2) is 4.98 Å². The van der Waals surface area contributed by atoms with Gasteiger partial charge in [-0.1, -0.05) is 24.3 Å². The van der Waals surface area contributed by atoms with Gasteiger partial charge in [-0.3, -0.25) is 4.79 Å². The molecule has 1 aromatic heterocycles. The van der Waals surface area contributed by atoms with E-state index >= 15 is 0 Å². The summed E-state index contributed by atoms with van der Waals surface area (Å²) in [5.41, 5.74) is -0.0133. The molecule has 22 heavy (non-hydrogen) atoms. The number of rotatable bonds is 4. The Kier molecular flexibility index (Phi) is 3.65. The molecule has 0 atom stereocenters. The van der Waals surface area contributed by atoms with E-state index in [4.69, 9.17) is 9.47 Å². The maximum absolute atomic E-state index is 12.1. The zero-order valence-electron chi connectivity index (χ0n) is 11.9. The fourth-order valence-electron chi connectivity index (χ4n) is 2.14. The lowest BCUT2D eigenvalue weighted by atomic mass is 10.2. The minimum Gasteiger partial charge on any atom is -0.493 e. The van der Waals surface area contributed by atoms with Crippen LogP contribution in [0.2, 0.25) is 0 Å². The lowest BCUT2D eigenvalue weighted by Crippen LogP contribution is -2.24. The Bertz CT molecular complexity index is 873. The van der Waals surface area contributed by atoms with Gasteiger partial charge in [0.05, 0.1) is 18.0 Å². The van der Waals surface area contributed by atoms with Crippen molar-refractivity contribution in [1.29, 1.82) is 0 Å². The second-order valence-electron chi connectivity index (χ2n) is 4.60. The minimum atomic E-state index is -0.524. The highest BCUT2D eigenvalue weighted by Crippen LogP contribution is 2.26. The van der Waals surface area contributed by atoms with Crippen molar-refractivity contribution >= 4 is 10.9 Å². The fraction of sp³-hybridized carbons (Fsp3) is 0.125. The number of para-hydroxylation sites is 3. The molecule has 0 aliphatic heterocycles. The molecule has 1 N–H and O–H groups in total. The molecule has 0 saturated heterocycles. The maximum Gasteiger partial charge on any atom is 0.294 e. The Hall–Kier alpha value is -3.02. The SMILES string of the molecule is COc1ccccc1OCc1nc2ccccc2c(=O)n1O. The van der Waals surface area contributed by atoms with Gasteiger partial charge in [0, 0.05) is 0 Å². The molecule has 0 saturated carbocycles. The van der Waals surface area contributed by atoms with E-state index in [-0.39, 0.29) is 12.4 Å². The highest BCUT2D eigenvalue weighted by Gasteiger charge is 2.11. The van der Waals surface area contributed by atoms with E-state index in [9.17, 15) is 10.0 Å². The van der Waals surface area contributed by atoms with Crippen LogP contribution in [0.5, 0.6) is 11.5 Å². The molecule has 3 rings (SSSR count). The van der Waals surface area contributed by atoms with Crippen LogP contribution < -0.4 is 15.0 Å². The largest absolute Gasteiger partial charge is 0.493 e. The smallest absolute Gasteiger partial charge is 0.294 e. The summed E-state index contributed by atoms with van der Waals surface area (Å²) in [6.07, 6.45) is 0. The third kappa shape index (κ3) is 2.46. The van der Waals surface area contributed by atoms with Crippen molar-refractivity contribution < 1.29 is 14.7 Å². The summed E-state index contributed by atoms with van der Waals surface area (Å²) in [5.74, 6) is 1.19. The van der Waals surface area contributed by atoms with Crippen molar-refractivity contribution in [2.45, 2.75) is 6.61 Å². The first-order valence-electron chi connectivity index (χ1n) is 6.66. The van der Waals surface area contributed by atoms with Gasteiger partial charge in [0.2, 0.25) is 0 Å². The molecule has 0 radical (unpaired) electrons. The van der Waals surface area contributed by atoms with Crippen LogP contribution in [0.1, 0.15) is 5.82 Å². The van der Waals surface area contributed by atoms with E-state index in [0.29, 0.717) is 27.1 Å². The number of ether oxygens (including phenoxy) is 2. The zero-order chi connectivity index (χ0) is 15.5. The first kappa shape index (κ1) is 13.9. The van der Waals surface area contributed by atoms with Crippen LogP contribution in [0.25, 0.3) is 10.9 Å². The van der Waals surface area contributed by atoms with Gasteiger partial charge in [-0.2, -0.15) is 0 Å². The summed E-state index contributed by atoms with van der Waals surface area (Å²) < 4.78 is 11.3. The number of hydrogen-bond donors (Lipinski definition) is 1. The van der Waals surface area contributed by atoms with Crippen molar-refractivity contribution in [3.63, 3.8) is 0 Å². The van der Waals surface area contributed by atoms with Crippen LogP contribution in [0.15, 0.2) is 53.3 Å². The highest BCUT2D eigenvalue weighted by molar-refractivity contribution is 5.77. The van der Waals surface area contributed by atoms with Gasteiger partial charge >= 0.3 is 0 Å². The van der Waals surface area contributed by atoms with Gasteiger partial charge in [0.25, 0.3) is 5.56 Å². The number of nitrogens with zero attached hydrogens (tertiary/aromatic N) is 2. The molecule has 2 aromatic carbocycles. The Labute approximate surface area is 126 Å². The average Bonchev–Trinajstić information content (AvgIpc) is 2.57. The highest BCUT2D eigenvalue weighted by atomic mass is 16.5. The lowest BCUT2D eigenvalue weighted by molar-refractivity contribution is 0.143. The van der Waals surface area contributed by atoms with E-state index in [1.165, 1.54) is 0 Å². The molecular weight excluding hydrogens is 284 g/mol. The Balaban J connectivity index is 1.94. The van der Waals surface area contributed by atoms with Crippen molar-refractivity contribution in [2.75, 3.05) is 7.11 Å². The van der Waals surface area contributed by atoms with Crippen LogP contribution in [-0.4, -0.2) is 22.0 Å². The van der Waals surface area contributed by atoms with Gasteiger partial charge in [-0.15, -0.1) is 4.73 Å². The zero-order valence-corrected chi connectivity index (χ0v) is 11.9. The second kappa shape index (κ2) is 5.77. The van der Waals surface area contributed by atoms with Gasteiger partial charge < -0.3 is 14.7 Å². The molecule has 1 heterocycles. The molecule has 0 unspecified atom stereocenters. The first-order chi connectivity index (χ1) is 10.7.